The van der Waals surface area contributed by atoms with Gasteiger partial charge >= 0.3 is 0 Å². The number of sulfonamides is 1. The molecule has 0 aliphatic heterocycles. The fourth-order valence-electron chi connectivity index (χ4n) is 1.48. The Hall–Kier alpha value is -0.920. The molecular formula is C11H16N2O3S2. The van der Waals surface area contributed by atoms with Crippen molar-refractivity contribution in [1.29, 1.82) is 0 Å². The van der Waals surface area contributed by atoms with E-state index in [0.29, 0.717) is 23.9 Å². The third-order valence-corrected chi connectivity index (χ3v) is 4.41. The number of hydrogen-bond acceptors (Lipinski definition) is 4. The molecule has 0 spiro atoms. The van der Waals surface area contributed by atoms with Crippen molar-refractivity contribution in [2.24, 2.45) is 0 Å². The van der Waals surface area contributed by atoms with Gasteiger partial charge in [0.05, 0.1) is 11.1 Å². The molecule has 100 valence electrons. The van der Waals surface area contributed by atoms with Crippen LogP contribution in [0.15, 0.2) is 12.1 Å². The predicted octanol–water partition coefficient (Wildman–Crippen LogP) is 0.732. The lowest BCUT2D eigenvalue weighted by Gasteiger charge is -2.00. The maximum atomic E-state index is 11.7. The van der Waals surface area contributed by atoms with Crippen LogP contribution in [0.4, 0.5) is 0 Å². The summed E-state index contributed by atoms with van der Waals surface area (Å²) >= 11 is 1.41. The van der Waals surface area contributed by atoms with E-state index in [2.05, 4.69) is 10.0 Å². The highest BCUT2D eigenvalue weighted by molar-refractivity contribution is 7.88. The summed E-state index contributed by atoms with van der Waals surface area (Å²) < 4.78 is 24.2. The van der Waals surface area contributed by atoms with Gasteiger partial charge in [0, 0.05) is 17.5 Å². The van der Waals surface area contributed by atoms with Crippen molar-refractivity contribution < 1.29 is 13.2 Å². The summed E-state index contributed by atoms with van der Waals surface area (Å²) in [6.07, 6.45) is 3.88. The van der Waals surface area contributed by atoms with Crippen molar-refractivity contribution >= 4 is 27.3 Å². The third-order valence-electron chi connectivity index (χ3n) is 2.53. The quantitative estimate of drug-likeness (QED) is 0.810. The molecule has 0 unspecified atom stereocenters. The first-order chi connectivity index (χ1) is 8.44. The molecule has 1 aliphatic carbocycles. The molecule has 1 amide bonds. The summed E-state index contributed by atoms with van der Waals surface area (Å²) in [6, 6.07) is 4.02. The van der Waals surface area contributed by atoms with Gasteiger partial charge in [-0.2, -0.15) is 0 Å². The first kappa shape index (κ1) is 13.5. The zero-order chi connectivity index (χ0) is 13.2. The van der Waals surface area contributed by atoms with Crippen LogP contribution in [-0.4, -0.2) is 33.2 Å². The Balaban J connectivity index is 1.83. The van der Waals surface area contributed by atoms with E-state index < -0.39 is 10.0 Å². The van der Waals surface area contributed by atoms with E-state index in [1.165, 1.54) is 11.3 Å². The minimum atomic E-state index is -3.14. The number of rotatable bonds is 6. The Morgan fingerprint density at radius 2 is 2.17 bits per heavy atom. The van der Waals surface area contributed by atoms with Gasteiger partial charge in [-0.3, -0.25) is 4.79 Å². The molecule has 1 fully saturated rings. The van der Waals surface area contributed by atoms with Crippen molar-refractivity contribution in [3.8, 4) is 0 Å². The smallest absolute Gasteiger partial charge is 0.261 e. The summed E-state index contributed by atoms with van der Waals surface area (Å²) in [5.41, 5.74) is 0. The van der Waals surface area contributed by atoms with Gasteiger partial charge in [0.15, 0.2) is 0 Å². The second-order valence-corrected chi connectivity index (χ2v) is 7.43. The van der Waals surface area contributed by atoms with Gasteiger partial charge in [-0.15, -0.1) is 11.3 Å². The number of amides is 1. The lowest BCUT2D eigenvalue weighted by Crippen LogP contribution is -2.24. The van der Waals surface area contributed by atoms with E-state index in [1.807, 2.05) is 6.07 Å². The number of hydrogen-bond donors (Lipinski definition) is 2. The Bertz CT molecular complexity index is 532. The fourth-order valence-corrected chi connectivity index (χ4v) is 2.86. The topological polar surface area (TPSA) is 75.3 Å². The first-order valence-electron chi connectivity index (χ1n) is 5.78. The summed E-state index contributed by atoms with van der Waals surface area (Å²) in [5.74, 6) is -0.0233. The van der Waals surface area contributed by atoms with Crippen molar-refractivity contribution in [3.05, 3.63) is 21.9 Å². The second-order valence-electron chi connectivity index (χ2n) is 4.43. The van der Waals surface area contributed by atoms with Crippen molar-refractivity contribution in [2.75, 3.05) is 12.8 Å². The van der Waals surface area contributed by atoms with Gasteiger partial charge in [0.2, 0.25) is 10.0 Å². The van der Waals surface area contributed by atoms with Crippen LogP contribution in [-0.2, 0) is 16.4 Å². The molecule has 0 aromatic carbocycles. The average molecular weight is 288 g/mol. The van der Waals surface area contributed by atoms with Gasteiger partial charge in [0.25, 0.3) is 5.91 Å². The average Bonchev–Trinajstić information content (AvgIpc) is 2.93. The molecule has 2 N–H and O–H groups in total. The minimum absolute atomic E-state index is 0.0233. The number of nitrogens with one attached hydrogen (secondary N) is 2. The standard InChI is InChI=1S/C11H16N2O3S2/c1-18(15,16)12-7-6-9-4-5-10(17-9)11(14)13-8-2-3-8/h4-5,8,12H,2-3,6-7H2,1H3,(H,13,14). The van der Waals surface area contributed by atoms with E-state index in [0.717, 1.165) is 24.0 Å². The Labute approximate surface area is 111 Å². The highest BCUT2D eigenvalue weighted by Gasteiger charge is 2.24. The minimum Gasteiger partial charge on any atom is -0.349 e. The number of carbonyl (C=O) groups excluding carboxylic acids is 1. The summed E-state index contributed by atoms with van der Waals surface area (Å²) in [6.45, 7) is 0.364. The molecule has 2 rings (SSSR count). The molecule has 0 saturated heterocycles. The monoisotopic (exact) mass is 288 g/mol. The highest BCUT2D eigenvalue weighted by atomic mass is 32.2. The van der Waals surface area contributed by atoms with E-state index in [4.69, 9.17) is 0 Å². The summed E-state index contributed by atoms with van der Waals surface area (Å²) in [7, 11) is -3.14. The zero-order valence-electron chi connectivity index (χ0n) is 10.1. The van der Waals surface area contributed by atoms with Crippen molar-refractivity contribution in [2.45, 2.75) is 25.3 Å². The van der Waals surface area contributed by atoms with Crippen LogP contribution in [0.3, 0.4) is 0 Å². The van der Waals surface area contributed by atoms with Crippen LogP contribution in [0.1, 0.15) is 27.4 Å². The summed E-state index contributed by atoms with van der Waals surface area (Å²) in [5, 5.41) is 2.92. The largest absolute Gasteiger partial charge is 0.349 e. The summed E-state index contributed by atoms with van der Waals surface area (Å²) in [4.78, 5) is 13.4. The van der Waals surface area contributed by atoms with Gasteiger partial charge in [-0.1, -0.05) is 0 Å². The maximum Gasteiger partial charge on any atom is 0.261 e. The first-order valence-corrected chi connectivity index (χ1v) is 8.49. The lowest BCUT2D eigenvalue weighted by molar-refractivity contribution is 0.0955. The van der Waals surface area contributed by atoms with Crippen LogP contribution in [0, 0.1) is 0 Å². The van der Waals surface area contributed by atoms with Crippen LogP contribution in [0.2, 0.25) is 0 Å². The third kappa shape index (κ3) is 4.40. The van der Waals surface area contributed by atoms with E-state index >= 15 is 0 Å². The fraction of sp³-hybridized carbons (Fsp3) is 0.545. The Morgan fingerprint density at radius 1 is 1.44 bits per heavy atom. The lowest BCUT2D eigenvalue weighted by atomic mass is 10.3. The molecule has 1 aromatic rings. The van der Waals surface area contributed by atoms with Crippen LogP contribution < -0.4 is 10.0 Å². The zero-order valence-corrected chi connectivity index (χ0v) is 11.7. The molecule has 1 heterocycles. The van der Waals surface area contributed by atoms with E-state index in [9.17, 15) is 13.2 Å². The highest BCUT2D eigenvalue weighted by Crippen LogP contribution is 2.22. The molecule has 1 aliphatic rings. The molecule has 7 heteroatoms. The molecule has 1 saturated carbocycles. The number of thiophene rings is 1. The Kier molecular flexibility index (Phi) is 4.04. The molecule has 18 heavy (non-hydrogen) atoms. The van der Waals surface area contributed by atoms with Crippen LogP contribution in [0.25, 0.3) is 0 Å². The van der Waals surface area contributed by atoms with E-state index in [-0.39, 0.29) is 5.91 Å². The molecular weight excluding hydrogens is 272 g/mol. The van der Waals surface area contributed by atoms with Gasteiger partial charge in [-0.25, -0.2) is 13.1 Å². The predicted molar refractivity (Wildman–Crippen MR) is 71.4 cm³/mol. The van der Waals surface area contributed by atoms with Crippen LogP contribution in [0.5, 0.6) is 0 Å². The number of carbonyl (C=O) groups is 1. The Morgan fingerprint density at radius 3 is 2.78 bits per heavy atom. The van der Waals surface area contributed by atoms with Gasteiger partial charge in [-0.05, 0) is 31.4 Å². The van der Waals surface area contributed by atoms with Gasteiger partial charge < -0.3 is 5.32 Å². The molecule has 1 aromatic heterocycles. The normalized spacial score (nSPS) is 15.6. The SMILES string of the molecule is CS(=O)(=O)NCCc1ccc(C(=O)NC2CC2)s1. The van der Waals surface area contributed by atoms with Crippen molar-refractivity contribution in [3.63, 3.8) is 0 Å². The second kappa shape index (κ2) is 5.38. The molecule has 0 radical (unpaired) electrons. The molecule has 0 atom stereocenters. The van der Waals surface area contributed by atoms with Crippen molar-refractivity contribution in [1.82, 2.24) is 10.0 Å². The maximum absolute atomic E-state index is 11.7. The molecule has 5 nitrogen and oxygen atoms in total. The molecule has 0 bridgehead atoms. The van der Waals surface area contributed by atoms with Crippen LogP contribution >= 0.6 is 11.3 Å². The van der Waals surface area contributed by atoms with Gasteiger partial charge in [0.1, 0.15) is 0 Å². The van der Waals surface area contributed by atoms with E-state index in [1.54, 1.807) is 6.07 Å².